The number of amides is 2. The zero-order valence-electron chi connectivity index (χ0n) is 18.2. The van der Waals surface area contributed by atoms with Gasteiger partial charge in [-0.1, -0.05) is 54.6 Å². The summed E-state index contributed by atoms with van der Waals surface area (Å²) in [6, 6.07) is 26.7. The summed E-state index contributed by atoms with van der Waals surface area (Å²) in [6.45, 7) is 0. The molecule has 2 amide bonds. The molecule has 0 fully saturated rings. The monoisotopic (exact) mass is 468 g/mol. The molecule has 4 aromatic carbocycles. The minimum atomic E-state index is -1.10. The minimum absolute atomic E-state index is 0.0446. The number of halogens is 2. The van der Waals surface area contributed by atoms with Gasteiger partial charge >= 0.3 is 0 Å². The number of benzene rings is 4. The van der Waals surface area contributed by atoms with E-state index in [0.717, 1.165) is 23.3 Å². The van der Waals surface area contributed by atoms with Crippen molar-refractivity contribution < 1.29 is 22.8 Å². The lowest BCUT2D eigenvalue weighted by Gasteiger charge is -2.08. The number of rotatable bonds is 5. The number of anilines is 2. The molecule has 1 aromatic heterocycles. The highest BCUT2D eigenvalue weighted by atomic mass is 19.2. The van der Waals surface area contributed by atoms with E-state index in [2.05, 4.69) is 10.6 Å². The summed E-state index contributed by atoms with van der Waals surface area (Å²) in [5.74, 6) is -3.44. The van der Waals surface area contributed by atoms with Crippen molar-refractivity contribution in [3.05, 3.63) is 120 Å². The summed E-state index contributed by atoms with van der Waals surface area (Å²) in [4.78, 5) is 26.0. The number of carbonyl (C=O) groups is 2. The van der Waals surface area contributed by atoms with Crippen LogP contribution in [-0.2, 0) is 0 Å². The Morgan fingerprint density at radius 3 is 2.09 bits per heavy atom. The van der Waals surface area contributed by atoms with Gasteiger partial charge in [-0.05, 0) is 47.5 Å². The van der Waals surface area contributed by atoms with Gasteiger partial charge in [0.2, 0.25) is 5.76 Å². The molecule has 0 aliphatic heterocycles. The van der Waals surface area contributed by atoms with Crippen molar-refractivity contribution in [3.63, 3.8) is 0 Å². The Balaban J connectivity index is 1.43. The van der Waals surface area contributed by atoms with E-state index in [0.29, 0.717) is 16.5 Å². The van der Waals surface area contributed by atoms with Gasteiger partial charge in [0, 0.05) is 22.7 Å². The van der Waals surface area contributed by atoms with E-state index in [1.807, 2.05) is 42.5 Å². The highest BCUT2D eigenvalue weighted by Gasteiger charge is 2.23. The predicted octanol–water partition coefficient (Wildman–Crippen LogP) is 6.88. The molecule has 0 unspecified atom stereocenters. The van der Waals surface area contributed by atoms with Crippen molar-refractivity contribution >= 4 is 34.2 Å². The second-order valence-corrected chi connectivity index (χ2v) is 7.78. The average Bonchev–Trinajstić information content (AvgIpc) is 3.25. The molecule has 0 saturated carbocycles. The molecule has 7 heteroatoms. The summed E-state index contributed by atoms with van der Waals surface area (Å²) < 4.78 is 32.5. The van der Waals surface area contributed by atoms with Gasteiger partial charge in [-0.25, -0.2) is 8.78 Å². The lowest BCUT2D eigenvalue weighted by molar-refractivity contribution is 0.0999. The molecule has 0 radical (unpaired) electrons. The smallest absolute Gasteiger partial charge is 0.293 e. The number of nitrogens with one attached hydrogen (secondary N) is 2. The fraction of sp³-hybridized carbons (Fsp3) is 0. The van der Waals surface area contributed by atoms with Gasteiger partial charge in [0.25, 0.3) is 11.8 Å². The molecule has 0 saturated heterocycles. The Morgan fingerprint density at radius 1 is 0.657 bits per heavy atom. The summed E-state index contributed by atoms with van der Waals surface area (Å²) in [5.41, 5.74) is 2.99. The summed E-state index contributed by atoms with van der Waals surface area (Å²) in [5, 5.41) is 5.77. The Hall–Kier alpha value is -4.78. The molecule has 0 spiro atoms. The van der Waals surface area contributed by atoms with Crippen LogP contribution in [0.3, 0.4) is 0 Å². The number of para-hydroxylation sites is 1. The lowest BCUT2D eigenvalue weighted by atomic mass is 10.0. The highest BCUT2D eigenvalue weighted by molar-refractivity contribution is 6.16. The third-order valence-corrected chi connectivity index (χ3v) is 5.47. The number of fused-ring (bicyclic) bond motifs is 1. The van der Waals surface area contributed by atoms with Crippen molar-refractivity contribution in [2.45, 2.75) is 0 Å². The number of hydrogen-bond donors (Lipinski definition) is 2. The van der Waals surface area contributed by atoms with Gasteiger partial charge in [-0.15, -0.1) is 0 Å². The maximum absolute atomic E-state index is 13.6. The Morgan fingerprint density at radius 2 is 1.34 bits per heavy atom. The maximum atomic E-state index is 13.6. The molecule has 35 heavy (non-hydrogen) atoms. The summed E-state index contributed by atoms with van der Waals surface area (Å²) >= 11 is 0. The van der Waals surface area contributed by atoms with Crippen LogP contribution in [0.15, 0.2) is 101 Å². The third kappa shape index (κ3) is 4.52. The quantitative estimate of drug-likeness (QED) is 0.295. The molecule has 5 rings (SSSR count). The van der Waals surface area contributed by atoms with Crippen LogP contribution in [0.4, 0.5) is 20.2 Å². The van der Waals surface area contributed by atoms with E-state index in [1.165, 1.54) is 6.07 Å². The average molecular weight is 468 g/mol. The van der Waals surface area contributed by atoms with Gasteiger partial charge in [0.1, 0.15) is 11.3 Å². The topological polar surface area (TPSA) is 71.3 Å². The number of furan rings is 1. The van der Waals surface area contributed by atoms with E-state index < -0.39 is 23.4 Å². The standard InChI is InChI=1S/C28H18F2N2O3/c29-22-15-14-20(16-23(22)30)31-28(34)26-25(21-8-4-5-9-24(21)35-26)32-27(33)19-12-10-18(11-13-19)17-6-2-1-3-7-17/h1-16H,(H,31,34)(H,32,33). The number of hydrogen-bond acceptors (Lipinski definition) is 3. The van der Waals surface area contributed by atoms with Crippen LogP contribution < -0.4 is 10.6 Å². The predicted molar refractivity (Wildman–Crippen MR) is 130 cm³/mol. The van der Waals surface area contributed by atoms with Gasteiger partial charge in [0.05, 0.1) is 0 Å². The molecule has 5 nitrogen and oxygen atoms in total. The van der Waals surface area contributed by atoms with Gasteiger partial charge < -0.3 is 15.1 Å². The molecule has 0 aliphatic rings. The maximum Gasteiger partial charge on any atom is 0.293 e. The normalized spacial score (nSPS) is 10.8. The molecule has 1 heterocycles. The van der Waals surface area contributed by atoms with Crippen LogP contribution in [-0.4, -0.2) is 11.8 Å². The first-order chi connectivity index (χ1) is 17.0. The number of carbonyl (C=O) groups excluding carboxylic acids is 2. The second kappa shape index (κ2) is 9.23. The van der Waals surface area contributed by atoms with E-state index in [9.17, 15) is 18.4 Å². The largest absolute Gasteiger partial charge is 0.449 e. The van der Waals surface area contributed by atoms with E-state index in [4.69, 9.17) is 4.42 Å². The Kier molecular flexibility index (Phi) is 5.81. The molecule has 0 atom stereocenters. The molecule has 5 aromatic rings. The van der Waals surface area contributed by atoms with Crippen LogP contribution in [0.1, 0.15) is 20.9 Å². The van der Waals surface area contributed by atoms with Crippen molar-refractivity contribution in [3.8, 4) is 11.1 Å². The Labute approximate surface area is 199 Å². The molecule has 2 N–H and O–H groups in total. The van der Waals surface area contributed by atoms with Crippen LogP contribution in [0.25, 0.3) is 22.1 Å². The van der Waals surface area contributed by atoms with Crippen molar-refractivity contribution in [2.24, 2.45) is 0 Å². The van der Waals surface area contributed by atoms with Gasteiger partial charge in [0.15, 0.2) is 11.6 Å². The van der Waals surface area contributed by atoms with E-state index in [1.54, 1.807) is 36.4 Å². The minimum Gasteiger partial charge on any atom is -0.449 e. The van der Waals surface area contributed by atoms with Crippen molar-refractivity contribution in [2.75, 3.05) is 10.6 Å². The fourth-order valence-electron chi connectivity index (χ4n) is 3.72. The lowest BCUT2D eigenvalue weighted by Crippen LogP contribution is -2.17. The van der Waals surface area contributed by atoms with E-state index in [-0.39, 0.29) is 17.1 Å². The fourth-order valence-corrected chi connectivity index (χ4v) is 3.72. The Bertz CT molecular complexity index is 1540. The molecular formula is C28H18F2N2O3. The summed E-state index contributed by atoms with van der Waals surface area (Å²) in [7, 11) is 0. The third-order valence-electron chi connectivity index (χ3n) is 5.47. The molecule has 172 valence electrons. The van der Waals surface area contributed by atoms with Crippen LogP contribution in [0.2, 0.25) is 0 Å². The molecular weight excluding hydrogens is 450 g/mol. The molecule has 0 aliphatic carbocycles. The van der Waals surface area contributed by atoms with Crippen LogP contribution in [0, 0.1) is 11.6 Å². The van der Waals surface area contributed by atoms with Crippen LogP contribution >= 0.6 is 0 Å². The zero-order valence-corrected chi connectivity index (χ0v) is 18.2. The van der Waals surface area contributed by atoms with Crippen molar-refractivity contribution in [1.29, 1.82) is 0 Å². The first kappa shape index (κ1) is 22.0. The first-order valence-corrected chi connectivity index (χ1v) is 10.7. The SMILES string of the molecule is O=C(Nc1c(C(=O)Nc2ccc(F)c(F)c2)oc2ccccc12)c1ccc(-c2ccccc2)cc1. The van der Waals surface area contributed by atoms with Crippen molar-refractivity contribution in [1.82, 2.24) is 0 Å². The highest BCUT2D eigenvalue weighted by Crippen LogP contribution is 2.32. The second-order valence-electron chi connectivity index (χ2n) is 7.78. The van der Waals surface area contributed by atoms with Gasteiger partial charge in [-0.2, -0.15) is 0 Å². The molecule has 0 bridgehead atoms. The summed E-state index contributed by atoms with van der Waals surface area (Å²) in [6.07, 6.45) is 0. The van der Waals surface area contributed by atoms with E-state index >= 15 is 0 Å². The first-order valence-electron chi connectivity index (χ1n) is 10.7. The zero-order chi connectivity index (χ0) is 24.4. The van der Waals surface area contributed by atoms with Crippen LogP contribution in [0.5, 0.6) is 0 Å². The van der Waals surface area contributed by atoms with Gasteiger partial charge in [-0.3, -0.25) is 9.59 Å².